The minimum atomic E-state index is -3.61. The largest absolute Gasteiger partial charge is 0.452 e. The summed E-state index contributed by atoms with van der Waals surface area (Å²) in [5.41, 5.74) is 5.03. The van der Waals surface area contributed by atoms with Crippen LogP contribution in [0.4, 0.5) is 0 Å². The van der Waals surface area contributed by atoms with Crippen molar-refractivity contribution >= 4 is 26.0 Å². The molecule has 114 valence electrons. The Morgan fingerprint density at radius 1 is 1.60 bits per heavy atom. The van der Waals surface area contributed by atoms with E-state index in [0.29, 0.717) is 18.8 Å². The summed E-state index contributed by atoms with van der Waals surface area (Å²) in [6, 6.07) is 1.47. The van der Waals surface area contributed by atoms with Crippen LogP contribution in [0.5, 0.6) is 0 Å². The van der Waals surface area contributed by atoms with E-state index in [-0.39, 0.29) is 16.1 Å². The number of nitrogens with two attached hydrogens (primary N) is 1. The maximum atomic E-state index is 12.7. The molecule has 1 saturated heterocycles. The molecule has 2 rings (SSSR count). The highest BCUT2D eigenvalue weighted by Gasteiger charge is 2.38. The van der Waals surface area contributed by atoms with Crippen molar-refractivity contribution < 1.29 is 17.6 Å². The van der Waals surface area contributed by atoms with E-state index in [9.17, 15) is 8.42 Å². The van der Waals surface area contributed by atoms with Crippen LogP contribution in [0.25, 0.3) is 0 Å². The van der Waals surface area contributed by atoms with Crippen molar-refractivity contribution in [3.63, 3.8) is 0 Å². The second-order valence-electron chi connectivity index (χ2n) is 5.15. The molecule has 0 saturated carbocycles. The van der Waals surface area contributed by atoms with Crippen LogP contribution >= 0.6 is 15.9 Å². The van der Waals surface area contributed by atoms with Gasteiger partial charge in [0, 0.05) is 26.3 Å². The first-order chi connectivity index (χ1) is 9.32. The van der Waals surface area contributed by atoms with Crippen molar-refractivity contribution in [3.8, 4) is 0 Å². The first-order valence-electron chi connectivity index (χ1n) is 6.36. The quantitative estimate of drug-likeness (QED) is 0.875. The Kier molecular flexibility index (Phi) is 4.60. The summed E-state index contributed by atoms with van der Waals surface area (Å²) in [5, 5.41) is 0. The maximum Gasteiger partial charge on any atom is 0.247 e. The van der Waals surface area contributed by atoms with Crippen LogP contribution in [0.3, 0.4) is 0 Å². The number of halogens is 1. The minimum Gasteiger partial charge on any atom is -0.452 e. The standard InChI is InChI=1S/C12H19BrN2O4S/c1-12(18-2)4-3-5-15(8-12)20(16,17)10-6-9(7-14)19-11(10)13/h6H,3-5,7-8,14H2,1-2H3. The molecule has 0 radical (unpaired) electrons. The Balaban J connectivity index is 2.32. The molecular formula is C12H19BrN2O4S. The van der Waals surface area contributed by atoms with Gasteiger partial charge in [0.25, 0.3) is 0 Å². The fourth-order valence-corrected chi connectivity index (χ4v) is 4.90. The second kappa shape index (κ2) is 5.76. The average molecular weight is 367 g/mol. The van der Waals surface area contributed by atoms with Crippen molar-refractivity contribution in [3.05, 3.63) is 16.5 Å². The van der Waals surface area contributed by atoms with Crippen LogP contribution in [-0.4, -0.2) is 38.5 Å². The van der Waals surface area contributed by atoms with Crippen molar-refractivity contribution in [1.82, 2.24) is 4.31 Å². The summed E-state index contributed by atoms with van der Waals surface area (Å²) in [6.45, 7) is 2.90. The summed E-state index contributed by atoms with van der Waals surface area (Å²) < 4.78 is 37.7. The topological polar surface area (TPSA) is 85.8 Å². The lowest BCUT2D eigenvalue weighted by Gasteiger charge is -2.38. The molecule has 2 N–H and O–H groups in total. The number of ether oxygens (including phenoxy) is 1. The number of nitrogens with zero attached hydrogens (tertiary/aromatic N) is 1. The van der Waals surface area contributed by atoms with Gasteiger partial charge in [0.15, 0.2) is 4.67 Å². The Morgan fingerprint density at radius 3 is 2.85 bits per heavy atom. The monoisotopic (exact) mass is 366 g/mol. The van der Waals surface area contributed by atoms with E-state index in [1.165, 1.54) is 10.4 Å². The van der Waals surface area contributed by atoms with Crippen molar-refractivity contribution in [2.24, 2.45) is 5.73 Å². The second-order valence-corrected chi connectivity index (χ2v) is 7.78. The number of rotatable bonds is 4. The van der Waals surface area contributed by atoms with E-state index in [0.717, 1.165) is 12.8 Å². The zero-order valence-corrected chi connectivity index (χ0v) is 14.0. The van der Waals surface area contributed by atoms with Gasteiger partial charge in [0.1, 0.15) is 10.7 Å². The lowest BCUT2D eigenvalue weighted by molar-refractivity contribution is -0.0319. The zero-order chi connectivity index (χ0) is 15.0. The van der Waals surface area contributed by atoms with Crippen molar-refractivity contribution in [1.29, 1.82) is 0 Å². The van der Waals surface area contributed by atoms with Gasteiger partial charge in [-0.15, -0.1) is 0 Å². The predicted octanol–water partition coefficient (Wildman–Crippen LogP) is 1.69. The molecule has 6 nitrogen and oxygen atoms in total. The fourth-order valence-electron chi connectivity index (χ4n) is 2.35. The van der Waals surface area contributed by atoms with Gasteiger partial charge in [-0.2, -0.15) is 4.31 Å². The van der Waals surface area contributed by atoms with Crippen LogP contribution in [0.1, 0.15) is 25.5 Å². The van der Waals surface area contributed by atoms with E-state index in [1.807, 2.05) is 6.92 Å². The average Bonchev–Trinajstić information content (AvgIpc) is 2.81. The Labute approximate surface area is 127 Å². The summed E-state index contributed by atoms with van der Waals surface area (Å²) in [4.78, 5) is 0.123. The molecule has 1 atom stereocenters. The molecular weight excluding hydrogens is 348 g/mol. The van der Waals surface area contributed by atoms with Gasteiger partial charge in [-0.05, 0) is 35.7 Å². The SMILES string of the molecule is COC1(C)CCCN(S(=O)(=O)c2cc(CN)oc2Br)C1. The van der Waals surface area contributed by atoms with Crippen LogP contribution in [0.15, 0.2) is 20.0 Å². The number of piperidine rings is 1. The first-order valence-corrected chi connectivity index (χ1v) is 8.59. The molecule has 0 amide bonds. The third-order valence-corrected chi connectivity index (χ3v) is 6.34. The lowest BCUT2D eigenvalue weighted by atomic mass is 9.96. The van der Waals surface area contributed by atoms with Crippen molar-refractivity contribution in [2.75, 3.05) is 20.2 Å². The Bertz CT molecular complexity index is 586. The molecule has 2 heterocycles. The van der Waals surface area contributed by atoms with Crippen molar-refractivity contribution in [2.45, 2.75) is 36.8 Å². The van der Waals surface area contributed by atoms with E-state index < -0.39 is 15.6 Å². The molecule has 1 fully saturated rings. The lowest BCUT2D eigenvalue weighted by Crippen LogP contribution is -2.49. The van der Waals surface area contributed by atoms with Crippen LogP contribution < -0.4 is 5.73 Å². The molecule has 20 heavy (non-hydrogen) atoms. The van der Waals surface area contributed by atoms with Gasteiger partial charge in [0.05, 0.1) is 12.1 Å². The van der Waals surface area contributed by atoms with E-state index >= 15 is 0 Å². The van der Waals surface area contributed by atoms with Crippen LogP contribution in [-0.2, 0) is 21.3 Å². The molecule has 1 aliphatic heterocycles. The highest BCUT2D eigenvalue weighted by Crippen LogP contribution is 2.32. The maximum absolute atomic E-state index is 12.7. The molecule has 0 aromatic carbocycles. The van der Waals surface area contributed by atoms with Gasteiger partial charge in [-0.25, -0.2) is 8.42 Å². The highest BCUT2D eigenvalue weighted by molar-refractivity contribution is 9.10. The number of furan rings is 1. The molecule has 0 bridgehead atoms. The van der Waals surface area contributed by atoms with Gasteiger partial charge in [-0.3, -0.25) is 0 Å². The summed E-state index contributed by atoms with van der Waals surface area (Å²) >= 11 is 3.15. The molecule has 1 aromatic rings. The molecule has 1 aliphatic rings. The van der Waals surface area contributed by atoms with E-state index in [4.69, 9.17) is 14.9 Å². The van der Waals surface area contributed by atoms with Gasteiger partial charge >= 0.3 is 0 Å². The number of methoxy groups -OCH3 is 1. The number of sulfonamides is 1. The van der Waals surface area contributed by atoms with Gasteiger partial charge < -0.3 is 14.9 Å². The summed E-state index contributed by atoms with van der Waals surface area (Å²) in [7, 11) is -2.00. The fraction of sp³-hybridized carbons (Fsp3) is 0.667. The smallest absolute Gasteiger partial charge is 0.247 e. The highest BCUT2D eigenvalue weighted by atomic mass is 79.9. The third-order valence-electron chi connectivity index (χ3n) is 3.64. The van der Waals surface area contributed by atoms with Gasteiger partial charge in [-0.1, -0.05) is 0 Å². The summed E-state index contributed by atoms with van der Waals surface area (Å²) in [6.07, 6.45) is 1.61. The normalized spacial score (nSPS) is 25.0. The molecule has 0 spiro atoms. The Hall–Kier alpha value is -0.410. The molecule has 1 aromatic heterocycles. The van der Waals surface area contributed by atoms with E-state index in [2.05, 4.69) is 15.9 Å². The van der Waals surface area contributed by atoms with E-state index in [1.54, 1.807) is 7.11 Å². The molecule has 1 unspecified atom stereocenters. The minimum absolute atomic E-state index is 0.123. The van der Waals surface area contributed by atoms with Crippen LogP contribution in [0, 0.1) is 0 Å². The van der Waals surface area contributed by atoms with Gasteiger partial charge in [0.2, 0.25) is 10.0 Å². The zero-order valence-electron chi connectivity index (χ0n) is 11.6. The number of hydrogen-bond donors (Lipinski definition) is 1. The molecule has 8 heteroatoms. The summed E-state index contributed by atoms with van der Waals surface area (Å²) in [5.74, 6) is 0.432. The molecule has 0 aliphatic carbocycles. The number of hydrogen-bond acceptors (Lipinski definition) is 5. The predicted molar refractivity (Wildman–Crippen MR) is 77.7 cm³/mol. The van der Waals surface area contributed by atoms with Crippen LogP contribution in [0.2, 0.25) is 0 Å². The third kappa shape index (κ3) is 2.94. The first kappa shape index (κ1) is 16.0. The Morgan fingerprint density at radius 2 is 2.30 bits per heavy atom.